The molecule has 10 heteroatoms. The second-order valence-corrected chi connectivity index (χ2v) is 6.82. The fourth-order valence-electron chi connectivity index (χ4n) is 2.89. The average Bonchev–Trinajstić information content (AvgIpc) is 2.73. The molecule has 0 aromatic carbocycles. The number of amides is 1. The fourth-order valence-corrected chi connectivity index (χ4v) is 2.89. The van der Waals surface area contributed by atoms with Crippen molar-refractivity contribution < 1.29 is 19.4 Å². The number of hydrogen-bond donors (Lipinski definition) is 3. The molecule has 2 aromatic heterocycles. The van der Waals surface area contributed by atoms with Crippen LogP contribution in [0.3, 0.4) is 0 Å². The van der Waals surface area contributed by atoms with Gasteiger partial charge in [0, 0.05) is 30.9 Å². The van der Waals surface area contributed by atoms with Gasteiger partial charge in [-0.05, 0) is 19.9 Å². The summed E-state index contributed by atoms with van der Waals surface area (Å²) in [4.78, 5) is 27.6. The highest BCUT2D eigenvalue weighted by Crippen LogP contribution is 2.23. The van der Waals surface area contributed by atoms with E-state index in [0.29, 0.717) is 42.8 Å². The standard InChI is InChI=1S/C19H26N6O4/c1-12(10-26)21-15-8-16(25-6-7-29-11-13(25)2)23-19(22-15)24-18(27)14-4-5-17(28-3)20-9-14/h4-5,8-9,12-13,26H,6-7,10-11H2,1-3H3,(H2,21,22,23,24,27)/t12-,13-/m0/s1. The zero-order valence-corrected chi connectivity index (χ0v) is 16.8. The molecule has 29 heavy (non-hydrogen) atoms. The first kappa shape index (κ1) is 20.7. The topological polar surface area (TPSA) is 122 Å². The quantitative estimate of drug-likeness (QED) is 0.626. The third kappa shape index (κ3) is 5.30. The second-order valence-electron chi connectivity index (χ2n) is 6.82. The summed E-state index contributed by atoms with van der Waals surface area (Å²) in [7, 11) is 1.51. The third-order valence-electron chi connectivity index (χ3n) is 4.48. The van der Waals surface area contributed by atoms with Gasteiger partial charge in [0.1, 0.15) is 11.6 Å². The second kappa shape index (κ2) is 9.48. The van der Waals surface area contributed by atoms with Gasteiger partial charge in [-0.25, -0.2) is 4.98 Å². The molecule has 10 nitrogen and oxygen atoms in total. The Morgan fingerprint density at radius 1 is 1.45 bits per heavy atom. The Kier molecular flexibility index (Phi) is 6.78. The van der Waals surface area contributed by atoms with Gasteiger partial charge >= 0.3 is 0 Å². The van der Waals surface area contributed by atoms with Crippen LogP contribution in [-0.4, -0.2) is 71.5 Å². The van der Waals surface area contributed by atoms with Crippen LogP contribution in [0.4, 0.5) is 17.6 Å². The summed E-state index contributed by atoms with van der Waals surface area (Å²) in [5.74, 6) is 1.39. The molecule has 3 heterocycles. The number of carbonyl (C=O) groups excluding carboxylic acids is 1. The predicted octanol–water partition coefficient (Wildman–Crippen LogP) is 1.15. The Labute approximate surface area is 169 Å². The molecular weight excluding hydrogens is 376 g/mol. The summed E-state index contributed by atoms with van der Waals surface area (Å²) < 4.78 is 10.5. The van der Waals surface area contributed by atoms with Crippen molar-refractivity contribution in [3.63, 3.8) is 0 Å². The number of rotatable bonds is 7. The minimum Gasteiger partial charge on any atom is -0.481 e. The van der Waals surface area contributed by atoms with Gasteiger partial charge < -0.3 is 24.8 Å². The number of morpholine rings is 1. The van der Waals surface area contributed by atoms with Crippen molar-refractivity contribution in [2.45, 2.75) is 25.9 Å². The van der Waals surface area contributed by atoms with Crippen LogP contribution in [0.25, 0.3) is 0 Å². The fraction of sp³-hybridized carbons (Fsp3) is 0.474. The first-order valence-electron chi connectivity index (χ1n) is 9.42. The van der Waals surface area contributed by atoms with Gasteiger partial charge in [-0.15, -0.1) is 0 Å². The van der Waals surface area contributed by atoms with Crippen molar-refractivity contribution in [3.8, 4) is 5.88 Å². The number of aliphatic hydroxyl groups excluding tert-OH is 1. The molecular formula is C19H26N6O4. The Morgan fingerprint density at radius 3 is 2.93 bits per heavy atom. The maximum atomic E-state index is 12.6. The molecule has 156 valence electrons. The number of carbonyl (C=O) groups is 1. The molecule has 0 spiro atoms. The van der Waals surface area contributed by atoms with Crippen LogP contribution in [0, 0.1) is 0 Å². The lowest BCUT2D eigenvalue weighted by Crippen LogP contribution is -2.44. The number of aromatic nitrogens is 3. The minimum absolute atomic E-state index is 0.0491. The highest BCUT2D eigenvalue weighted by atomic mass is 16.5. The van der Waals surface area contributed by atoms with Crippen LogP contribution in [-0.2, 0) is 4.74 Å². The predicted molar refractivity (Wildman–Crippen MR) is 109 cm³/mol. The number of anilines is 3. The Balaban J connectivity index is 1.86. The summed E-state index contributed by atoms with van der Waals surface area (Å²) in [5.41, 5.74) is 0.359. The normalized spacial score (nSPS) is 17.5. The molecule has 2 aromatic rings. The average molecular weight is 402 g/mol. The molecule has 1 amide bonds. The van der Waals surface area contributed by atoms with E-state index < -0.39 is 0 Å². The van der Waals surface area contributed by atoms with E-state index in [9.17, 15) is 9.90 Å². The number of ether oxygens (including phenoxy) is 2. The molecule has 3 rings (SSSR count). The van der Waals surface area contributed by atoms with Crippen molar-refractivity contribution >= 4 is 23.5 Å². The van der Waals surface area contributed by atoms with Crippen molar-refractivity contribution in [2.24, 2.45) is 0 Å². The summed E-state index contributed by atoms with van der Waals surface area (Å²) in [6.07, 6.45) is 1.43. The summed E-state index contributed by atoms with van der Waals surface area (Å²) in [6.45, 7) is 5.71. The van der Waals surface area contributed by atoms with Gasteiger partial charge in [0.15, 0.2) is 0 Å². The highest BCUT2D eigenvalue weighted by molar-refractivity contribution is 6.03. The van der Waals surface area contributed by atoms with E-state index in [1.807, 2.05) is 13.8 Å². The lowest BCUT2D eigenvalue weighted by atomic mass is 10.2. The van der Waals surface area contributed by atoms with E-state index in [1.165, 1.54) is 13.3 Å². The first-order valence-corrected chi connectivity index (χ1v) is 9.42. The highest BCUT2D eigenvalue weighted by Gasteiger charge is 2.22. The molecule has 1 fully saturated rings. The maximum Gasteiger partial charge on any atom is 0.259 e. The Morgan fingerprint density at radius 2 is 2.28 bits per heavy atom. The van der Waals surface area contributed by atoms with Gasteiger partial charge in [0.25, 0.3) is 5.91 Å². The summed E-state index contributed by atoms with van der Waals surface area (Å²) in [5, 5.41) is 15.2. The molecule has 3 N–H and O–H groups in total. The number of methoxy groups -OCH3 is 1. The van der Waals surface area contributed by atoms with Gasteiger partial charge in [-0.3, -0.25) is 10.1 Å². The monoisotopic (exact) mass is 402 g/mol. The lowest BCUT2D eigenvalue weighted by Gasteiger charge is -2.34. The van der Waals surface area contributed by atoms with E-state index in [0.717, 1.165) is 0 Å². The van der Waals surface area contributed by atoms with Gasteiger partial charge in [0.2, 0.25) is 11.8 Å². The molecule has 0 unspecified atom stereocenters. The SMILES string of the molecule is COc1ccc(C(=O)Nc2nc(N[C@@H](C)CO)cc(N3CCOC[C@@H]3C)n2)cn1. The van der Waals surface area contributed by atoms with E-state index in [2.05, 4.69) is 30.5 Å². The van der Waals surface area contributed by atoms with Crippen LogP contribution >= 0.6 is 0 Å². The molecule has 0 radical (unpaired) electrons. The molecule has 0 bridgehead atoms. The van der Waals surface area contributed by atoms with E-state index in [4.69, 9.17) is 9.47 Å². The summed E-state index contributed by atoms with van der Waals surface area (Å²) in [6, 6.07) is 4.96. The lowest BCUT2D eigenvalue weighted by molar-refractivity contribution is 0.0984. The van der Waals surface area contributed by atoms with E-state index >= 15 is 0 Å². The Bertz CT molecular complexity index is 832. The number of aliphatic hydroxyl groups is 1. The first-order chi connectivity index (χ1) is 14.0. The van der Waals surface area contributed by atoms with Crippen LogP contribution in [0.5, 0.6) is 5.88 Å². The smallest absolute Gasteiger partial charge is 0.259 e. The number of hydrogen-bond acceptors (Lipinski definition) is 9. The molecule has 1 aliphatic heterocycles. The van der Waals surface area contributed by atoms with Crippen LogP contribution in [0.15, 0.2) is 24.4 Å². The van der Waals surface area contributed by atoms with Crippen LogP contribution in [0.2, 0.25) is 0 Å². The molecule has 1 saturated heterocycles. The number of nitrogens with zero attached hydrogens (tertiary/aromatic N) is 4. The molecule has 0 saturated carbocycles. The van der Waals surface area contributed by atoms with E-state index in [-0.39, 0.29) is 30.5 Å². The van der Waals surface area contributed by atoms with Crippen LogP contribution < -0.4 is 20.3 Å². The largest absolute Gasteiger partial charge is 0.481 e. The third-order valence-corrected chi connectivity index (χ3v) is 4.48. The number of pyridine rings is 1. The summed E-state index contributed by atoms with van der Waals surface area (Å²) >= 11 is 0. The Hall–Kier alpha value is -2.98. The van der Waals surface area contributed by atoms with Gasteiger partial charge in [0.05, 0.1) is 38.5 Å². The van der Waals surface area contributed by atoms with Crippen molar-refractivity contribution in [1.82, 2.24) is 15.0 Å². The van der Waals surface area contributed by atoms with E-state index in [1.54, 1.807) is 18.2 Å². The maximum absolute atomic E-state index is 12.6. The number of nitrogens with one attached hydrogen (secondary N) is 2. The van der Waals surface area contributed by atoms with Crippen molar-refractivity contribution in [1.29, 1.82) is 0 Å². The van der Waals surface area contributed by atoms with Gasteiger partial charge in [-0.1, -0.05) is 0 Å². The zero-order valence-electron chi connectivity index (χ0n) is 16.8. The minimum atomic E-state index is -0.381. The van der Waals surface area contributed by atoms with Crippen LogP contribution in [0.1, 0.15) is 24.2 Å². The van der Waals surface area contributed by atoms with Crippen molar-refractivity contribution in [2.75, 3.05) is 49.0 Å². The van der Waals surface area contributed by atoms with Gasteiger partial charge in [-0.2, -0.15) is 9.97 Å². The van der Waals surface area contributed by atoms with Crippen molar-refractivity contribution in [3.05, 3.63) is 30.0 Å². The molecule has 2 atom stereocenters. The molecule has 0 aliphatic carbocycles. The zero-order chi connectivity index (χ0) is 20.8. The molecule has 1 aliphatic rings.